The Morgan fingerprint density at radius 1 is 1.12 bits per heavy atom. The molecule has 0 rings (SSSR count). The van der Waals surface area contributed by atoms with Gasteiger partial charge >= 0.3 is 0 Å². The minimum Gasteiger partial charge on any atom is -0.394 e. The van der Waals surface area contributed by atoms with Crippen molar-refractivity contribution in [2.24, 2.45) is 0 Å². The molecule has 0 aromatic heterocycles. The van der Waals surface area contributed by atoms with E-state index in [4.69, 9.17) is 20.4 Å². The molecule has 5 nitrogen and oxygen atoms in total. The molecule has 16 heavy (non-hydrogen) atoms. The number of carbonyl (C=O) groups excluding carboxylic acids is 1. The molecular formula is C9H22O5S2. The Labute approximate surface area is 107 Å². The summed E-state index contributed by atoms with van der Waals surface area (Å²) in [6.45, 7) is 3.29. The van der Waals surface area contributed by atoms with Crippen LogP contribution in [0.1, 0.15) is 13.8 Å². The lowest BCUT2D eigenvalue weighted by molar-refractivity contribution is -0.127. The third-order valence-corrected chi connectivity index (χ3v) is 1.07. The molecule has 0 heterocycles. The van der Waals surface area contributed by atoms with Crippen molar-refractivity contribution in [1.82, 2.24) is 0 Å². The quantitative estimate of drug-likeness (QED) is 0.296. The molecule has 0 bridgehead atoms. The van der Waals surface area contributed by atoms with Crippen LogP contribution in [0, 0.1) is 0 Å². The fourth-order valence-electron chi connectivity index (χ4n) is 0.416. The van der Waals surface area contributed by atoms with Crippen LogP contribution in [-0.4, -0.2) is 63.1 Å². The second kappa shape index (κ2) is 17.6. The summed E-state index contributed by atoms with van der Waals surface area (Å²) < 4.78 is 0. The summed E-state index contributed by atoms with van der Waals surface area (Å²) in [5.41, 5.74) is 0. The molecule has 0 amide bonds. The summed E-state index contributed by atoms with van der Waals surface area (Å²) in [5, 5.41) is 34.1. The largest absolute Gasteiger partial charge is 0.394 e. The van der Waals surface area contributed by atoms with Crippen molar-refractivity contribution in [2.45, 2.75) is 32.2 Å². The van der Waals surface area contributed by atoms with Gasteiger partial charge in [-0.05, 0) is 11.5 Å². The van der Waals surface area contributed by atoms with E-state index in [1.807, 2.05) is 13.8 Å². The Hall–Kier alpha value is 0.210. The average molecular weight is 274 g/mol. The highest BCUT2D eigenvalue weighted by Gasteiger charge is 2.22. The van der Waals surface area contributed by atoms with Gasteiger partial charge in [0, 0.05) is 0 Å². The number of hydrogen-bond donors (Lipinski definition) is 6. The number of aldehydes is 1. The molecule has 0 unspecified atom stereocenters. The lowest BCUT2D eigenvalue weighted by atomic mass is 10.1. The van der Waals surface area contributed by atoms with E-state index < -0.39 is 24.9 Å². The van der Waals surface area contributed by atoms with Gasteiger partial charge in [-0.15, -0.1) is 0 Å². The van der Waals surface area contributed by atoms with Gasteiger partial charge in [0.2, 0.25) is 0 Å². The van der Waals surface area contributed by atoms with E-state index in [0.717, 1.165) is 11.5 Å². The topological polar surface area (TPSA) is 98.0 Å². The van der Waals surface area contributed by atoms with E-state index in [2.05, 4.69) is 25.3 Å². The molecule has 0 fully saturated rings. The Bertz CT molecular complexity index is 135. The van der Waals surface area contributed by atoms with E-state index in [1.165, 1.54) is 0 Å². The Balaban J connectivity index is -0.000000235. The second-order valence-electron chi connectivity index (χ2n) is 2.50. The molecule has 0 radical (unpaired) electrons. The molecule has 0 spiro atoms. The van der Waals surface area contributed by atoms with Crippen LogP contribution in [0.3, 0.4) is 0 Å². The molecule has 7 heteroatoms. The van der Waals surface area contributed by atoms with Crippen molar-refractivity contribution in [2.75, 3.05) is 18.1 Å². The van der Waals surface area contributed by atoms with Gasteiger partial charge in [-0.1, -0.05) is 13.8 Å². The molecule has 0 aliphatic carbocycles. The van der Waals surface area contributed by atoms with Crippen molar-refractivity contribution < 1.29 is 25.2 Å². The van der Waals surface area contributed by atoms with Crippen molar-refractivity contribution in [1.29, 1.82) is 0 Å². The summed E-state index contributed by atoms with van der Waals surface area (Å²) in [5.74, 6) is 1.89. The average Bonchev–Trinajstić information content (AvgIpc) is 2.28. The van der Waals surface area contributed by atoms with Gasteiger partial charge in [-0.25, -0.2) is 0 Å². The van der Waals surface area contributed by atoms with Gasteiger partial charge in [0.25, 0.3) is 0 Å². The lowest BCUT2D eigenvalue weighted by Gasteiger charge is -2.16. The van der Waals surface area contributed by atoms with Gasteiger partial charge < -0.3 is 25.2 Å². The minimum atomic E-state index is -1.64. The molecule has 0 saturated heterocycles. The first-order valence-electron chi connectivity index (χ1n) is 4.78. The van der Waals surface area contributed by atoms with Crippen LogP contribution in [0.4, 0.5) is 0 Å². The highest BCUT2D eigenvalue weighted by atomic mass is 32.1. The first-order chi connectivity index (χ1) is 7.46. The van der Waals surface area contributed by atoms with Crippen LogP contribution in [0.5, 0.6) is 0 Å². The Kier molecular flexibility index (Phi) is 23.6. The smallest absolute Gasteiger partial charge is 0.151 e. The first-order valence-corrected chi connectivity index (χ1v) is 6.05. The fraction of sp³-hybridized carbons (Fsp3) is 0.889. The van der Waals surface area contributed by atoms with Crippen LogP contribution in [0.15, 0.2) is 0 Å². The van der Waals surface area contributed by atoms with Gasteiger partial charge in [0.1, 0.15) is 18.3 Å². The minimum absolute atomic E-state index is 0.0869. The zero-order chi connectivity index (χ0) is 13.6. The number of rotatable bonds is 4. The molecule has 3 atom stereocenters. The zero-order valence-electron chi connectivity index (χ0n) is 9.52. The monoisotopic (exact) mass is 274 g/mol. The van der Waals surface area contributed by atoms with Gasteiger partial charge in [-0.3, -0.25) is 0 Å². The Morgan fingerprint density at radius 3 is 1.62 bits per heavy atom. The predicted octanol–water partition coefficient (Wildman–Crippen LogP) is -0.868. The van der Waals surface area contributed by atoms with Crippen LogP contribution < -0.4 is 0 Å². The molecular weight excluding hydrogens is 252 g/mol. The lowest BCUT2D eigenvalue weighted by Crippen LogP contribution is -2.40. The molecule has 0 aromatic rings. The van der Waals surface area contributed by atoms with E-state index in [9.17, 15) is 4.79 Å². The number of carbonyl (C=O) groups is 1. The number of thiol groups is 2. The second-order valence-corrected chi connectivity index (χ2v) is 3.76. The van der Waals surface area contributed by atoms with E-state index >= 15 is 0 Å². The Morgan fingerprint density at radius 2 is 1.44 bits per heavy atom. The summed E-state index contributed by atoms with van der Waals surface area (Å²) in [4.78, 5) is 9.76. The summed E-state index contributed by atoms with van der Waals surface area (Å²) in [6, 6.07) is 0. The maximum Gasteiger partial charge on any atom is 0.151 e. The zero-order valence-corrected chi connectivity index (χ0v) is 11.3. The highest BCUT2D eigenvalue weighted by molar-refractivity contribution is 7.80. The van der Waals surface area contributed by atoms with E-state index in [-0.39, 0.29) is 6.29 Å². The van der Waals surface area contributed by atoms with Crippen molar-refractivity contribution in [3.05, 3.63) is 0 Å². The predicted molar refractivity (Wildman–Crippen MR) is 70.2 cm³/mol. The van der Waals surface area contributed by atoms with Gasteiger partial charge in [0.15, 0.2) is 6.29 Å². The molecule has 0 aliphatic heterocycles. The number of aliphatic hydroxyl groups excluding tert-OH is 4. The molecule has 0 aliphatic rings. The molecule has 0 aromatic carbocycles. The van der Waals surface area contributed by atoms with Gasteiger partial charge in [-0.2, -0.15) is 25.3 Å². The van der Waals surface area contributed by atoms with E-state index in [0.29, 0.717) is 0 Å². The third kappa shape index (κ3) is 16.6. The van der Waals surface area contributed by atoms with Gasteiger partial charge in [0.05, 0.1) is 6.61 Å². The van der Waals surface area contributed by atoms with E-state index in [1.54, 1.807) is 0 Å². The van der Waals surface area contributed by atoms with Crippen molar-refractivity contribution >= 4 is 31.5 Å². The maximum absolute atomic E-state index is 9.76. The number of hydrogen-bond acceptors (Lipinski definition) is 7. The molecule has 100 valence electrons. The third-order valence-electron chi connectivity index (χ3n) is 1.07. The van der Waals surface area contributed by atoms with Crippen LogP contribution in [0.2, 0.25) is 0 Å². The fourth-order valence-corrected chi connectivity index (χ4v) is 0.416. The van der Waals surface area contributed by atoms with Crippen molar-refractivity contribution in [3.63, 3.8) is 0 Å². The van der Waals surface area contributed by atoms with Crippen molar-refractivity contribution in [3.8, 4) is 0 Å². The summed E-state index contributed by atoms with van der Waals surface area (Å²) in [6.07, 6.45) is -4.63. The summed E-state index contributed by atoms with van der Waals surface area (Å²) in [7, 11) is 0. The summed E-state index contributed by atoms with van der Waals surface area (Å²) >= 11 is 7.58. The molecule has 4 N–H and O–H groups in total. The maximum atomic E-state index is 9.76. The molecule has 0 saturated carbocycles. The van der Waals surface area contributed by atoms with Crippen LogP contribution in [0.25, 0.3) is 0 Å². The normalized spacial score (nSPS) is 14.5. The SMILES string of the molecule is CCS.CCS.O=C[C@H](O)[C@@H](O)[C@H](O)CO. The number of aliphatic hydroxyl groups is 4. The first kappa shape index (κ1) is 21.5. The van der Waals surface area contributed by atoms with Crippen LogP contribution >= 0.6 is 25.3 Å². The highest BCUT2D eigenvalue weighted by Crippen LogP contribution is 1.96. The standard InChI is InChI=1S/C5H10O5.2C2H6S/c6-1-3(8)5(10)4(9)2-7;2*1-2-3/h1,3-5,7-10H,2H2;2*3H,2H2,1H3/t3-,4+,5+;;/m0../s1. The van der Waals surface area contributed by atoms with Crippen LogP contribution in [-0.2, 0) is 4.79 Å².